The standard InChI is InChI=1S/C13H24N4O3/c1-2-4-11(12(18)19)16-13(20)15-5-3-8-17-9-6-14-7-10-17/h2,11,14H,1,3-10H2,(H,18,19)(H2,15,16,20). The summed E-state index contributed by atoms with van der Waals surface area (Å²) in [7, 11) is 0. The number of hydrogen-bond donors (Lipinski definition) is 4. The first-order chi connectivity index (χ1) is 9.63. The van der Waals surface area contributed by atoms with E-state index in [1.165, 1.54) is 6.08 Å². The Morgan fingerprint density at radius 1 is 1.40 bits per heavy atom. The zero-order valence-electron chi connectivity index (χ0n) is 11.7. The number of carboxylic acid groups (broad SMARTS) is 1. The lowest BCUT2D eigenvalue weighted by molar-refractivity contribution is -0.139. The van der Waals surface area contributed by atoms with Gasteiger partial charge in [0, 0.05) is 32.7 Å². The van der Waals surface area contributed by atoms with Crippen molar-refractivity contribution in [2.45, 2.75) is 18.9 Å². The van der Waals surface area contributed by atoms with Gasteiger partial charge in [-0.2, -0.15) is 0 Å². The van der Waals surface area contributed by atoms with Crippen LogP contribution in [0.2, 0.25) is 0 Å². The Morgan fingerprint density at radius 2 is 2.10 bits per heavy atom. The Hall–Kier alpha value is -1.60. The van der Waals surface area contributed by atoms with Gasteiger partial charge in [0.05, 0.1) is 0 Å². The summed E-state index contributed by atoms with van der Waals surface area (Å²) in [4.78, 5) is 24.7. The second-order valence-electron chi connectivity index (χ2n) is 4.76. The van der Waals surface area contributed by atoms with Crippen LogP contribution in [0.15, 0.2) is 12.7 Å². The fourth-order valence-corrected chi connectivity index (χ4v) is 2.04. The second kappa shape index (κ2) is 9.33. The first-order valence-electron chi connectivity index (χ1n) is 6.94. The van der Waals surface area contributed by atoms with E-state index in [0.717, 1.165) is 39.1 Å². The average molecular weight is 284 g/mol. The molecule has 0 saturated carbocycles. The van der Waals surface area contributed by atoms with Gasteiger partial charge in [-0.05, 0) is 19.4 Å². The van der Waals surface area contributed by atoms with Crippen LogP contribution < -0.4 is 16.0 Å². The second-order valence-corrected chi connectivity index (χ2v) is 4.76. The van der Waals surface area contributed by atoms with Gasteiger partial charge in [-0.15, -0.1) is 6.58 Å². The molecule has 0 radical (unpaired) electrons. The monoisotopic (exact) mass is 284 g/mol. The number of rotatable bonds is 8. The number of nitrogens with zero attached hydrogens (tertiary/aromatic N) is 1. The highest BCUT2D eigenvalue weighted by molar-refractivity contribution is 5.82. The number of carbonyl (C=O) groups excluding carboxylic acids is 1. The average Bonchev–Trinajstić information content (AvgIpc) is 2.44. The quantitative estimate of drug-likeness (QED) is 0.360. The van der Waals surface area contributed by atoms with Crippen molar-refractivity contribution in [2.24, 2.45) is 0 Å². The topological polar surface area (TPSA) is 93.7 Å². The van der Waals surface area contributed by atoms with Crippen LogP contribution in [0.3, 0.4) is 0 Å². The Balaban J connectivity index is 2.12. The first kappa shape index (κ1) is 16.5. The maximum atomic E-state index is 11.5. The highest BCUT2D eigenvalue weighted by Gasteiger charge is 2.17. The molecule has 0 aromatic heterocycles. The van der Waals surface area contributed by atoms with E-state index in [-0.39, 0.29) is 6.42 Å². The molecule has 0 aromatic rings. The first-order valence-corrected chi connectivity index (χ1v) is 6.94. The maximum absolute atomic E-state index is 11.5. The molecular formula is C13H24N4O3. The highest BCUT2D eigenvalue weighted by Crippen LogP contribution is 1.95. The molecule has 114 valence electrons. The normalized spacial score (nSPS) is 17.2. The molecule has 7 heteroatoms. The molecule has 0 spiro atoms. The molecule has 1 aliphatic heterocycles. The van der Waals surface area contributed by atoms with Crippen molar-refractivity contribution in [1.82, 2.24) is 20.9 Å². The lowest BCUT2D eigenvalue weighted by atomic mass is 10.2. The summed E-state index contributed by atoms with van der Waals surface area (Å²) in [6.45, 7) is 9.04. The minimum atomic E-state index is -1.05. The van der Waals surface area contributed by atoms with Crippen LogP contribution >= 0.6 is 0 Å². The highest BCUT2D eigenvalue weighted by atomic mass is 16.4. The number of piperazine rings is 1. The van der Waals surface area contributed by atoms with E-state index in [1.807, 2.05) is 0 Å². The largest absolute Gasteiger partial charge is 0.480 e. The summed E-state index contributed by atoms with van der Waals surface area (Å²) >= 11 is 0. The SMILES string of the molecule is C=CCC(NC(=O)NCCCN1CCNCC1)C(=O)O. The molecule has 1 saturated heterocycles. The van der Waals surface area contributed by atoms with E-state index < -0.39 is 18.0 Å². The van der Waals surface area contributed by atoms with Gasteiger partial charge in [0.2, 0.25) is 0 Å². The van der Waals surface area contributed by atoms with Crippen molar-refractivity contribution in [1.29, 1.82) is 0 Å². The Kier molecular flexibility index (Phi) is 7.67. The molecule has 1 aliphatic rings. The van der Waals surface area contributed by atoms with Crippen molar-refractivity contribution in [2.75, 3.05) is 39.3 Å². The third-order valence-corrected chi connectivity index (χ3v) is 3.15. The Bertz CT molecular complexity index is 330. The fourth-order valence-electron chi connectivity index (χ4n) is 2.04. The van der Waals surface area contributed by atoms with E-state index in [9.17, 15) is 9.59 Å². The number of carboxylic acids is 1. The van der Waals surface area contributed by atoms with Crippen LogP contribution in [0.5, 0.6) is 0 Å². The summed E-state index contributed by atoms with van der Waals surface area (Å²) in [5.74, 6) is -1.05. The zero-order chi connectivity index (χ0) is 14.8. The van der Waals surface area contributed by atoms with E-state index in [0.29, 0.717) is 6.54 Å². The summed E-state index contributed by atoms with van der Waals surface area (Å²) in [5, 5.41) is 17.3. The van der Waals surface area contributed by atoms with Gasteiger partial charge >= 0.3 is 12.0 Å². The molecule has 1 rings (SSSR count). The molecule has 1 fully saturated rings. The van der Waals surface area contributed by atoms with E-state index in [1.54, 1.807) is 0 Å². The number of nitrogens with one attached hydrogen (secondary N) is 3. The van der Waals surface area contributed by atoms with Gasteiger partial charge in [0.25, 0.3) is 0 Å². The molecule has 0 aliphatic carbocycles. The maximum Gasteiger partial charge on any atom is 0.326 e. The van der Waals surface area contributed by atoms with Gasteiger partial charge < -0.3 is 26.0 Å². The summed E-state index contributed by atoms with van der Waals surface area (Å²) in [5.41, 5.74) is 0. The van der Waals surface area contributed by atoms with Gasteiger partial charge in [-0.1, -0.05) is 6.08 Å². The van der Waals surface area contributed by atoms with Crippen molar-refractivity contribution in [3.05, 3.63) is 12.7 Å². The molecule has 2 amide bonds. The van der Waals surface area contributed by atoms with Crippen molar-refractivity contribution in [3.63, 3.8) is 0 Å². The number of carbonyl (C=O) groups is 2. The Morgan fingerprint density at radius 3 is 2.70 bits per heavy atom. The molecule has 4 N–H and O–H groups in total. The van der Waals surface area contributed by atoms with Crippen molar-refractivity contribution < 1.29 is 14.7 Å². The van der Waals surface area contributed by atoms with E-state index in [4.69, 9.17) is 5.11 Å². The minimum Gasteiger partial charge on any atom is -0.480 e. The smallest absolute Gasteiger partial charge is 0.326 e. The van der Waals surface area contributed by atoms with Gasteiger partial charge in [-0.3, -0.25) is 0 Å². The zero-order valence-corrected chi connectivity index (χ0v) is 11.7. The summed E-state index contributed by atoms with van der Waals surface area (Å²) in [6.07, 6.45) is 2.54. The third-order valence-electron chi connectivity index (χ3n) is 3.15. The van der Waals surface area contributed by atoms with Crippen molar-refractivity contribution in [3.8, 4) is 0 Å². The summed E-state index contributed by atoms with van der Waals surface area (Å²) < 4.78 is 0. The number of amides is 2. The fraction of sp³-hybridized carbons (Fsp3) is 0.692. The lowest BCUT2D eigenvalue weighted by Crippen LogP contribution is -2.47. The van der Waals surface area contributed by atoms with Crippen LogP contribution in [0.1, 0.15) is 12.8 Å². The van der Waals surface area contributed by atoms with Gasteiger partial charge in [0.15, 0.2) is 0 Å². The van der Waals surface area contributed by atoms with Crippen LogP contribution in [0.25, 0.3) is 0 Å². The number of urea groups is 1. The molecular weight excluding hydrogens is 260 g/mol. The van der Waals surface area contributed by atoms with Crippen LogP contribution in [0, 0.1) is 0 Å². The van der Waals surface area contributed by atoms with Crippen molar-refractivity contribution >= 4 is 12.0 Å². The predicted octanol–water partition coefficient (Wildman–Crippen LogP) is -0.390. The minimum absolute atomic E-state index is 0.212. The number of hydrogen-bond acceptors (Lipinski definition) is 4. The lowest BCUT2D eigenvalue weighted by Gasteiger charge is -2.27. The molecule has 0 aromatic carbocycles. The van der Waals surface area contributed by atoms with Crippen LogP contribution in [0.4, 0.5) is 4.79 Å². The number of aliphatic carboxylic acids is 1. The van der Waals surface area contributed by atoms with Crippen LogP contribution in [-0.4, -0.2) is 67.3 Å². The Labute approximate surface area is 119 Å². The molecule has 20 heavy (non-hydrogen) atoms. The molecule has 0 bridgehead atoms. The molecule has 1 heterocycles. The third kappa shape index (κ3) is 6.53. The van der Waals surface area contributed by atoms with E-state index >= 15 is 0 Å². The molecule has 7 nitrogen and oxygen atoms in total. The summed E-state index contributed by atoms with van der Waals surface area (Å²) in [6, 6.07) is -1.36. The van der Waals surface area contributed by atoms with Crippen LogP contribution in [-0.2, 0) is 4.79 Å². The molecule has 1 atom stereocenters. The molecule has 1 unspecified atom stereocenters. The van der Waals surface area contributed by atoms with Gasteiger partial charge in [0.1, 0.15) is 6.04 Å². The predicted molar refractivity (Wildman–Crippen MR) is 76.7 cm³/mol. The van der Waals surface area contributed by atoms with Gasteiger partial charge in [-0.25, -0.2) is 9.59 Å². The van der Waals surface area contributed by atoms with E-state index in [2.05, 4.69) is 27.4 Å².